The summed E-state index contributed by atoms with van der Waals surface area (Å²) in [5, 5.41) is 0. The van der Waals surface area contributed by atoms with E-state index in [1.54, 1.807) is 4.57 Å². The summed E-state index contributed by atoms with van der Waals surface area (Å²) in [6, 6.07) is 0. The molecule has 0 amide bonds. The smallest absolute Gasteiger partial charge is 0.302 e. The first-order chi connectivity index (χ1) is 10.0. The predicted octanol–water partition coefficient (Wildman–Crippen LogP) is -0.530. The van der Waals surface area contributed by atoms with Crippen molar-refractivity contribution in [3.05, 3.63) is 16.7 Å². The lowest BCUT2D eigenvalue weighted by Crippen LogP contribution is -2.19. The van der Waals surface area contributed by atoms with Crippen LogP contribution in [0.1, 0.15) is 13.3 Å². The van der Waals surface area contributed by atoms with Gasteiger partial charge in [0.1, 0.15) is 6.29 Å². The molecule has 0 bridgehead atoms. The fourth-order valence-electron chi connectivity index (χ4n) is 1.95. The van der Waals surface area contributed by atoms with Gasteiger partial charge in [0.15, 0.2) is 11.2 Å². The topological polar surface area (TPSA) is 133 Å². The molecule has 0 fully saturated rings. The van der Waals surface area contributed by atoms with Crippen LogP contribution in [0.2, 0.25) is 0 Å². The normalized spacial score (nSPS) is 12.2. The molecule has 0 radical (unpaired) electrons. The van der Waals surface area contributed by atoms with Gasteiger partial charge in [-0.3, -0.25) is 14.6 Å². The van der Waals surface area contributed by atoms with Gasteiger partial charge in [-0.1, -0.05) is 0 Å². The molecule has 0 spiro atoms. The monoisotopic (exact) mass is 293 g/mol. The van der Waals surface area contributed by atoms with Crippen molar-refractivity contribution in [2.45, 2.75) is 19.9 Å². The Bertz CT molecular complexity index is 720. The van der Waals surface area contributed by atoms with Crippen molar-refractivity contribution in [2.75, 3.05) is 12.3 Å². The van der Waals surface area contributed by atoms with Gasteiger partial charge >= 0.3 is 5.97 Å². The fraction of sp³-hybridized carbons (Fsp3) is 0.417. The molecule has 9 heteroatoms. The third-order valence-corrected chi connectivity index (χ3v) is 2.90. The van der Waals surface area contributed by atoms with E-state index in [2.05, 4.69) is 15.0 Å². The first-order valence-corrected chi connectivity index (χ1v) is 6.29. The van der Waals surface area contributed by atoms with Gasteiger partial charge < -0.3 is 19.8 Å². The van der Waals surface area contributed by atoms with Gasteiger partial charge in [0.05, 0.1) is 12.9 Å². The number of anilines is 1. The zero-order chi connectivity index (χ0) is 15.4. The number of hydrogen-bond acceptors (Lipinski definition) is 7. The Balaban J connectivity index is 2.26. The van der Waals surface area contributed by atoms with Crippen LogP contribution in [0.3, 0.4) is 0 Å². The van der Waals surface area contributed by atoms with E-state index in [9.17, 15) is 14.4 Å². The highest BCUT2D eigenvalue weighted by molar-refractivity contribution is 5.70. The Kier molecular flexibility index (Phi) is 4.31. The molecule has 112 valence electrons. The zero-order valence-electron chi connectivity index (χ0n) is 11.4. The number of nitrogen functional groups attached to an aromatic ring is 1. The molecule has 0 aliphatic rings. The molecule has 0 aliphatic heterocycles. The van der Waals surface area contributed by atoms with Crippen molar-refractivity contribution in [1.82, 2.24) is 19.5 Å². The maximum atomic E-state index is 11.7. The molecule has 2 aromatic heterocycles. The van der Waals surface area contributed by atoms with Crippen LogP contribution in [0, 0.1) is 5.92 Å². The van der Waals surface area contributed by atoms with Crippen molar-refractivity contribution in [2.24, 2.45) is 5.92 Å². The number of rotatable bonds is 6. The molecule has 2 aromatic rings. The second-order valence-electron chi connectivity index (χ2n) is 4.59. The number of ether oxygens (including phenoxy) is 1. The number of nitrogens with zero attached hydrogens (tertiary/aromatic N) is 3. The Labute approximate surface area is 119 Å². The third-order valence-electron chi connectivity index (χ3n) is 2.90. The second-order valence-corrected chi connectivity index (χ2v) is 4.59. The Morgan fingerprint density at radius 1 is 1.62 bits per heavy atom. The van der Waals surface area contributed by atoms with E-state index < -0.39 is 11.5 Å². The molecule has 1 atom stereocenters. The summed E-state index contributed by atoms with van der Waals surface area (Å²) < 4.78 is 6.53. The van der Waals surface area contributed by atoms with E-state index in [1.807, 2.05) is 0 Å². The molecular formula is C12H15N5O4. The lowest BCUT2D eigenvalue weighted by atomic mass is 10.1. The second kappa shape index (κ2) is 6.16. The summed E-state index contributed by atoms with van der Waals surface area (Å²) >= 11 is 0. The number of carbonyl (C=O) groups excluding carboxylic acids is 2. The number of aromatic nitrogens is 4. The van der Waals surface area contributed by atoms with Crippen LogP contribution in [0.4, 0.5) is 5.95 Å². The SMILES string of the molecule is CC(=O)OC[C@H](CC=O)Cn1cnc2c(=O)[nH]c(N)nc21. The van der Waals surface area contributed by atoms with Crippen LogP contribution in [-0.4, -0.2) is 38.4 Å². The van der Waals surface area contributed by atoms with Crippen LogP contribution in [0.25, 0.3) is 11.2 Å². The lowest BCUT2D eigenvalue weighted by molar-refractivity contribution is -0.142. The van der Waals surface area contributed by atoms with Gasteiger partial charge in [0.25, 0.3) is 5.56 Å². The summed E-state index contributed by atoms with van der Waals surface area (Å²) in [5.41, 5.74) is 5.58. The number of hydrogen-bond donors (Lipinski definition) is 2. The van der Waals surface area contributed by atoms with Crippen molar-refractivity contribution in [3.8, 4) is 0 Å². The molecule has 0 saturated heterocycles. The van der Waals surface area contributed by atoms with E-state index in [0.29, 0.717) is 12.2 Å². The highest BCUT2D eigenvalue weighted by atomic mass is 16.5. The Hall–Kier alpha value is -2.71. The quantitative estimate of drug-likeness (QED) is 0.540. The Morgan fingerprint density at radius 2 is 2.38 bits per heavy atom. The standard InChI is InChI=1S/C12H15N5O4/c1-7(19)21-5-8(2-3-18)4-17-6-14-9-10(17)15-12(13)16-11(9)20/h3,6,8H,2,4-5H2,1H3,(H3,13,15,16,20)/t8-/m1/s1. The summed E-state index contributed by atoms with van der Waals surface area (Å²) in [4.78, 5) is 43.6. The number of aromatic amines is 1. The van der Waals surface area contributed by atoms with Crippen LogP contribution in [-0.2, 0) is 20.9 Å². The molecule has 0 unspecified atom stereocenters. The third kappa shape index (κ3) is 3.44. The fourth-order valence-corrected chi connectivity index (χ4v) is 1.95. The van der Waals surface area contributed by atoms with E-state index in [1.165, 1.54) is 13.3 Å². The number of nitrogens with one attached hydrogen (secondary N) is 1. The van der Waals surface area contributed by atoms with Gasteiger partial charge in [0.2, 0.25) is 5.95 Å². The van der Waals surface area contributed by atoms with Crippen LogP contribution in [0.5, 0.6) is 0 Å². The minimum Gasteiger partial charge on any atom is -0.465 e. The number of nitrogens with two attached hydrogens (primary N) is 1. The average molecular weight is 293 g/mol. The summed E-state index contributed by atoms with van der Waals surface area (Å²) in [6.07, 6.45) is 2.41. The van der Waals surface area contributed by atoms with Crippen molar-refractivity contribution in [3.63, 3.8) is 0 Å². The minimum atomic E-state index is -0.428. The van der Waals surface area contributed by atoms with Crippen molar-refractivity contribution in [1.29, 1.82) is 0 Å². The maximum Gasteiger partial charge on any atom is 0.302 e. The molecular weight excluding hydrogens is 278 g/mol. The molecule has 0 saturated carbocycles. The average Bonchev–Trinajstić information content (AvgIpc) is 2.79. The van der Waals surface area contributed by atoms with Crippen LogP contribution >= 0.6 is 0 Å². The van der Waals surface area contributed by atoms with Gasteiger partial charge in [-0.15, -0.1) is 0 Å². The molecule has 9 nitrogen and oxygen atoms in total. The summed E-state index contributed by atoms with van der Waals surface area (Å²) in [6.45, 7) is 1.73. The van der Waals surface area contributed by atoms with Gasteiger partial charge in [-0.2, -0.15) is 4.98 Å². The first kappa shape index (κ1) is 14.7. The number of carbonyl (C=O) groups is 2. The maximum absolute atomic E-state index is 11.7. The van der Waals surface area contributed by atoms with Crippen molar-refractivity contribution >= 4 is 29.4 Å². The molecule has 0 aliphatic carbocycles. The number of imidazole rings is 1. The summed E-state index contributed by atoms with van der Waals surface area (Å²) in [7, 11) is 0. The number of H-pyrrole nitrogens is 1. The minimum absolute atomic E-state index is 0.0128. The van der Waals surface area contributed by atoms with E-state index in [4.69, 9.17) is 10.5 Å². The highest BCUT2D eigenvalue weighted by Crippen LogP contribution is 2.12. The molecule has 0 aromatic carbocycles. The van der Waals surface area contributed by atoms with Crippen molar-refractivity contribution < 1.29 is 14.3 Å². The molecule has 2 heterocycles. The van der Waals surface area contributed by atoms with Crippen LogP contribution < -0.4 is 11.3 Å². The van der Waals surface area contributed by atoms with Gasteiger partial charge in [-0.05, 0) is 0 Å². The number of aldehydes is 1. The molecule has 21 heavy (non-hydrogen) atoms. The Morgan fingerprint density at radius 3 is 3.05 bits per heavy atom. The highest BCUT2D eigenvalue weighted by Gasteiger charge is 2.15. The largest absolute Gasteiger partial charge is 0.465 e. The first-order valence-electron chi connectivity index (χ1n) is 6.29. The number of esters is 1. The molecule has 2 rings (SSSR count). The van der Waals surface area contributed by atoms with Gasteiger partial charge in [-0.25, -0.2) is 4.98 Å². The van der Waals surface area contributed by atoms with E-state index >= 15 is 0 Å². The zero-order valence-corrected chi connectivity index (χ0v) is 11.4. The van der Waals surface area contributed by atoms with Crippen LogP contribution in [0.15, 0.2) is 11.1 Å². The lowest BCUT2D eigenvalue weighted by Gasteiger charge is -2.14. The molecule has 3 N–H and O–H groups in total. The number of fused-ring (bicyclic) bond motifs is 1. The predicted molar refractivity (Wildman–Crippen MR) is 73.4 cm³/mol. The summed E-state index contributed by atoms with van der Waals surface area (Å²) in [5.74, 6) is -0.660. The van der Waals surface area contributed by atoms with E-state index in [0.717, 1.165) is 6.29 Å². The van der Waals surface area contributed by atoms with E-state index in [-0.39, 0.29) is 30.4 Å². The van der Waals surface area contributed by atoms with Gasteiger partial charge in [0, 0.05) is 25.8 Å².